The first-order chi connectivity index (χ1) is 17.0. The zero-order chi connectivity index (χ0) is 24.8. The molecular weight excluding hydrogens is 449 g/mol. The van der Waals surface area contributed by atoms with E-state index in [1.165, 1.54) is 18.5 Å². The maximum absolute atomic E-state index is 14.7. The van der Waals surface area contributed by atoms with Crippen LogP contribution in [-0.2, 0) is 12.8 Å². The van der Waals surface area contributed by atoms with Crippen LogP contribution in [0.25, 0.3) is 22.3 Å². The van der Waals surface area contributed by atoms with Crippen molar-refractivity contribution in [2.24, 2.45) is 0 Å². The molecule has 0 N–H and O–H groups in total. The number of nitrogens with zero attached hydrogens (tertiary/aromatic N) is 2. The second-order valence-electron chi connectivity index (χ2n) is 8.19. The predicted molar refractivity (Wildman–Crippen MR) is 132 cm³/mol. The summed E-state index contributed by atoms with van der Waals surface area (Å²) < 4.78 is 49.2. The number of hydrogen-bond donors (Lipinski definition) is 0. The first-order valence-corrected chi connectivity index (χ1v) is 11.3. The normalized spacial score (nSPS) is 10.9. The van der Waals surface area contributed by atoms with Crippen molar-refractivity contribution < 1.29 is 17.9 Å². The minimum Gasteiger partial charge on any atom is -0.490 e. The van der Waals surface area contributed by atoms with Crippen LogP contribution in [0.3, 0.4) is 0 Å². The summed E-state index contributed by atoms with van der Waals surface area (Å²) in [6, 6.07) is 15.6. The van der Waals surface area contributed by atoms with Crippen molar-refractivity contribution in [2.45, 2.75) is 26.2 Å². The minimum atomic E-state index is -0.899. The third-order valence-electron chi connectivity index (χ3n) is 5.74. The van der Waals surface area contributed by atoms with E-state index in [2.05, 4.69) is 16.5 Å². The van der Waals surface area contributed by atoms with E-state index in [9.17, 15) is 13.2 Å². The predicted octanol–water partition coefficient (Wildman–Crippen LogP) is 7.28. The van der Waals surface area contributed by atoms with E-state index < -0.39 is 17.5 Å². The summed E-state index contributed by atoms with van der Waals surface area (Å²) >= 11 is 0. The summed E-state index contributed by atoms with van der Waals surface area (Å²) in [6.07, 6.45) is 6.21. The zero-order valence-corrected chi connectivity index (χ0v) is 19.4. The Labute approximate surface area is 203 Å². The highest BCUT2D eigenvalue weighted by molar-refractivity contribution is 5.65. The van der Waals surface area contributed by atoms with Gasteiger partial charge in [0.15, 0.2) is 23.2 Å². The molecule has 3 aromatic carbocycles. The summed E-state index contributed by atoms with van der Waals surface area (Å²) in [5.41, 5.74) is 3.43. The van der Waals surface area contributed by atoms with Gasteiger partial charge in [0, 0.05) is 23.5 Å². The van der Waals surface area contributed by atoms with Crippen molar-refractivity contribution in [3.05, 3.63) is 114 Å². The third-order valence-corrected chi connectivity index (χ3v) is 5.74. The fourth-order valence-electron chi connectivity index (χ4n) is 3.73. The first-order valence-electron chi connectivity index (χ1n) is 11.3. The Morgan fingerprint density at radius 1 is 0.829 bits per heavy atom. The summed E-state index contributed by atoms with van der Waals surface area (Å²) in [7, 11) is 0. The molecule has 178 valence electrons. The van der Waals surface area contributed by atoms with Gasteiger partial charge in [0.05, 0.1) is 6.61 Å². The molecule has 4 aromatic rings. The Morgan fingerprint density at radius 2 is 1.54 bits per heavy atom. The molecule has 0 aliphatic heterocycles. The van der Waals surface area contributed by atoms with Gasteiger partial charge in [0.25, 0.3) is 0 Å². The van der Waals surface area contributed by atoms with E-state index in [1.807, 2.05) is 24.3 Å². The molecule has 1 aromatic heterocycles. The largest absolute Gasteiger partial charge is 0.490 e. The zero-order valence-electron chi connectivity index (χ0n) is 19.4. The van der Waals surface area contributed by atoms with Crippen LogP contribution in [0.5, 0.6) is 5.75 Å². The van der Waals surface area contributed by atoms with Gasteiger partial charge in [-0.3, -0.25) is 0 Å². The van der Waals surface area contributed by atoms with Gasteiger partial charge in [-0.2, -0.15) is 0 Å². The summed E-state index contributed by atoms with van der Waals surface area (Å²) in [6.45, 7) is 5.72. The molecule has 0 saturated heterocycles. The van der Waals surface area contributed by atoms with Gasteiger partial charge in [-0.05, 0) is 60.6 Å². The SMILES string of the molecule is C=CCCOc1ccc(-c2ccc(CCc3ccc(-c4cnc(C)nc4)c(F)c3F)cc2)cc1F. The number of hydrogen-bond acceptors (Lipinski definition) is 3. The van der Waals surface area contributed by atoms with Crippen molar-refractivity contribution in [1.82, 2.24) is 9.97 Å². The number of halogens is 3. The topological polar surface area (TPSA) is 35.0 Å². The Bertz CT molecular complexity index is 1320. The summed E-state index contributed by atoms with van der Waals surface area (Å²) in [5, 5.41) is 0. The molecule has 0 atom stereocenters. The molecule has 0 saturated carbocycles. The van der Waals surface area contributed by atoms with E-state index in [4.69, 9.17) is 4.74 Å². The molecule has 0 aliphatic rings. The van der Waals surface area contributed by atoms with Crippen LogP contribution < -0.4 is 4.74 Å². The van der Waals surface area contributed by atoms with E-state index >= 15 is 0 Å². The Hall–Kier alpha value is -3.93. The highest BCUT2D eigenvalue weighted by atomic mass is 19.2. The lowest BCUT2D eigenvalue weighted by Crippen LogP contribution is -2.00. The molecule has 35 heavy (non-hydrogen) atoms. The van der Waals surface area contributed by atoms with E-state index in [0.29, 0.717) is 42.8 Å². The molecule has 0 fully saturated rings. The Morgan fingerprint density at radius 3 is 2.23 bits per heavy atom. The van der Waals surface area contributed by atoms with Crippen LogP contribution in [-0.4, -0.2) is 16.6 Å². The fourth-order valence-corrected chi connectivity index (χ4v) is 3.73. The maximum Gasteiger partial charge on any atom is 0.167 e. The van der Waals surface area contributed by atoms with Crippen molar-refractivity contribution in [1.29, 1.82) is 0 Å². The fraction of sp³-hybridized carbons (Fsp3) is 0.172. The molecule has 4 rings (SSSR count). The van der Waals surface area contributed by atoms with Crippen LogP contribution in [0.4, 0.5) is 13.2 Å². The number of aryl methyl sites for hydroxylation is 3. The van der Waals surface area contributed by atoms with Crippen LogP contribution in [0.1, 0.15) is 23.4 Å². The molecule has 0 amide bonds. The molecule has 0 spiro atoms. The molecule has 0 unspecified atom stereocenters. The van der Waals surface area contributed by atoms with Crippen LogP contribution in [0, 0.1) is 24.4 Å². The van der Waals surface area contributed by atoms with Gasteiger partial charge < -0.3 is 4.74 Å². The monoisotopic (exact) mass is 474 g/mol. The second-order valence-corrected chi connectivity index (χ2v) is 8.19. The van der Waals surface area contributed by atoms with Crippen LogP contribution in [0.2, 0.25) is 0 Å². The number of benzene rings is 3. The van der Waals surface area contributed by atoms with Gasteiger partial charge in [-0.15, -0.1) is 6.58 Å². The van der Waals surface area contributed by atoms with E-state index in [-0.39, 0.29) is 11.3 Å². The average molecular weight is 475 g/mol. The first kappa shape index (κ1) is 24.2. The van der Waals surface area contributed by atoms with Crippen molar-refractivity contribution in [3.8, 4) is 28.0 Å². The standard InChI is InChI=1S/C29H25F3N2O/c1-3-4-15-35-27-14-12-23(16-26(27)30)21-8-5-20(6-9-21)7-10-22-11-13-25(29(32)28(22)31)24-17-33-19(2)34-18-24/h3,5-6,8-9,11-14,16-18H,1,4,7,10,15H2,2H3. The lowest BCUT2D eigenvalue weighted by molar-refractivity contribution is 0.308. The molecule has 0 aliphatic carbocycles. The summed E-state index contributed by atoms with van der Waals surface area (Å²) in [4.78, 5) is 8.09. The third kappa shape index (κ3) is 5.77. The smallest absolute Gasteiger partial charge is 0.167 e. The van der Waals surface area contributed by atoms with Crippen LogP contribution >= 0.6 is 0 Å². The second kappa shape index (κ2) is 11.0. The molecule has 0 radical (unpaired) electrons. The number of ether oxygens (including phenoxy) is 1. The van der Waals surface area contributed by atoms with Gasteiger partial charge in [0.1, 0.15) is 5.82 Å². The molecule has 6 heteroatoms. The Balaban J connectivity index is 1.42. The van der Waals surface area contributed by atoms with Gasteiger partial charge in [0.2, 0.25) is 0 Å². The van der Waals surface area contributed by atoms with Crippen molar-refractivity contribution in [2.75, 3.05) is 6.61 Å². The average Bonchev–Trinajstić information content (AvgIpc) is 2.87. The molecule has 3 nitrogen and oxygen atoms in total. The number of rotatable bonds is 9. The van der Waals surface area contributed by atoms with Crippen molar-refractivity contribution in [3.63, 3.8) is 0 Å². The lowest BCUT2D eigenvalue weighted by Gasteiger charge is -2.10. The lowest BCUT2D eigenvalue weighted by atomic mass is 9.98. The van der Waals surface area contributed by atoms with Gasteiger partial charge in [-0.25, -0.2) is 23.1 Å². The van der Waals surface area contributed by atoms with Crippen molar-refractivity contribution >= 4 is 0 Å². The highest BCUT2D eigenvalue weighted by Gasteiger charge is 2.15. The van der Waals surface area contributed by atoms with Crippen LogP contribution in [0.15, 0.2) is 79.6 Å². The van der Waals surface area contributed by atoms with Gasteiger partial charge in [-0.1, -0.05) is 48.5 Å². The van der Waals surface area contributed by atoms with E-state index in [1.54, 1.807) is 37.3 Å². The highest BCUT2D eigenvalue weighted by Crippen LogP contribution is 2.28. The quantitative estimate of drug-likeness (QED) is 0.189. The molecule has 0 bridgehead atoms. The van der Waals surface area contributed by atoms with E-state index in [0.717, 1.165) is 16.7 Å². The molecule has 1 heterocycles. The maximum atomic E-state index is 14.7. The minimum absolute atomic E-state index is 0.139. The summed E-state index contributed by atoms with van der Waals surface area (Å²) in [5.74, 6) is -1.40. The Kier molecular flexibility index (Phi) is 7.60. The number of aromatic nitrogens is 2. The molecular formula is C29H25F3N2O. The van der Waals surface area contributed by atoms with Gasteiger partial charge >= 0.3 is 0 Å².